The Balaban J connectivity index is 2.06. The zero-order valence-corrected chi connectivity index (χ0v) is 12.4. The molecule has 1 aromatic heterocycles. The largest absolute Gasteiger partial charge is 0.344 e. The van der Waals surface area contributed by atoms with Crippen molar-refractivity contribution in [1.82, 2.24) is 15.5 Å². The van der Waals surface area contributed by atoms with Crippen molar-refractivity contribution in [3.63, 3.8) is 0 Å². The van der Waals surface area contributed by atoms with Gasteiger partial charge in [0.15, 0.2) is 11.5 Å². The molecule has 1 heterocycles. The predicted molar refractivity (Wildman–Crippen MR) is 79.9 cm³/mol. The van der Waals surface area contributed by atoms with Crippen LogP contribution in [0.5, 0.6) is 0 Å². The Bertz CT molecular complexity index is 602. The van der Waals surface area contributed by atoms with Crippen molar-refractivity contribution in [2.24, 2.45) is 5.84 Å². The zero-order chi connectivity index (χ0) is 14.5. The second-order valence-electron chi connectivity index (χ2n) is 4.20. The van der Waals surface area contributed by atoms with Gasteiger partial charge in [-0.25, -0.2) is 5.84 Å². The number of benzene rings is 1. The Kier molecular flexibility index (Phi) is 4.65. The van der Waals surface area contributed by atoms with Gasteiger partial charge in [-0.1, -0.05) is 28.1 Å². The van der Waals surface area contributed by atoms with Crippen LogP contribution in [0.25, 0.3) is 0 Å². The molecule has 0 fully saturated rings. The minimum atomic E-state index is -0.284. The summed E-state index contributed by atoms with van der Waals surface area (Å²) in [6.07, 6.45) is 0. The summed E-state index contributed by atoms with van der Waals surface area (Å²) in [4.78, 5) is 12.0. The highest BCUT2D eigenvalue weighted by Gasteiger charge is 2.13. The average Bonchev–Trinajstić information content (AvgIpc) is 2.47. The number of hydrazine groups is 1. The lowest BCUT2D eigenvalue weighted by molar-refractivity contribution is 0.0934. The van der Waals surface area contributed by atoms with Crippen LogP contribution in [0.3, 0.4) is 0 Å². The minimum absolute atomic E-state index is 0.130. The van der Waals surface area contributed by atoms with Crippen molar-refractivity contribution < 1.29 is 4.79 Å². The van der Waals surface area contributed by atoms with Crippen LogP contribution >= 0.6 is 15.9 Å². The van der Waals surface area contributed by atoms with Crippen LogP contribution in [0, 0.1) is 0 Å². The molecule has 6 nitrogen and oxygen atoms in total. The number of nitrogens with two attached hydrogens (primary N) is 1. The third-order valence-corrected chi connectivity index (χ3v) is 3.23. The Hall–Kier alpha value is -1.99. The van der Waals surface area contributed by atoms with Gasteiger partial charge in [0.2, 0.25) is 0 Å². The molecule has 0 saturated heterocycles. The summed E-state index contributed by atoms with van der Waals surface area (Å²) in [6, 6.07) is 10.8. The summed E-state index contributed by atoms with van der Waals surface area (Å²) < 4.78 is 0.967. The van der Waals surface area contributed by atoms with Gasteiger partial charge in [-0.05, 0) is 36.8 Å². The van der Waals surface area contributed by atoms with Crippen LogP contribution in [-0.4, -0.2) is 16.1 Å². The molecule has 0 aliphatic carbocycles. The topological polar surface area (TPSA) is 92.9 Å². The van der Waals surface area contributed by atoms with Crippen molar-refractivity contribution in [3.05, 3.63) is 52.1 Å². The zero-order valence-electron chi connectivity index (χ0n) is 10.8. The smallest absolute Gasteiger partial charge is 0.272 e. The first-order chi connectivity index (χ1) is 9.60. The summed E-state index contributed by atoms with van der Waals surface area (Å²) in [6.45, 7) is 1.91. The molecule has 0 radical (unpaired) electrons. The maximum absolute atomic E-state index is 12.0. The van der Waals surface area contributed by atoms with Crippen molar-refractivity contribution in [2.75, 3.05) is 5.43 Å². The standard InChI is InChI=1S/C13H14BrN5O/c1-8(9-3-2-4-10(14)7-9)16-13(20)11-5-6-12(17-15)19-18-11/h2-8H,15H2,1H3,(H,16,20)(H,17,19). The van der Waals surface area contributed by atoms with Crippen LogP contribution in [-0.2, 0) is 0 Å². The Morgan fingerprint density at radius 2 is 2.10 bits per heavy atom. The average molecular weight is 336 g/mol. The number of aromatic nitrogens is 2. The Labute approximate surface area is 124 Å². The summed E-state index contributed by atoms with van der Waals surface area (Å²) >= 11 is 3.40. The summed E-state index contributed by atoms with van der Waals surface area (Å²) in [5.74, 6) is 5.31. The molecule has 1 amide bonds. The highest BCUT2D eigenvalue weighted by atomic mass is 79.9. The van der Waals surface area contributed by atoms with E-state index in [1.807, 2.05) is 31.2 Å². The maximum Gasteiger partial charge on any atom is 0.272 e. The van der Waals surface area contributed by atoms with Crippen molar-refractivity contribution in [3.8, 4) is 0 Å². The van der Waals surface area contributed by atoms with Crippen molar-refractivity contribution >= 4 is 27.7 Å². The molecule has 0 aliphatic heterocycles. The van der Waals surface area contributed by atoms with E-state index in [0.717, 1.165) is 10.0 Å². The van der Waals surface area contributed by atoms with E-state index in [9.17, 15) is 4.79 Å². The molecule has 2 rings (SSSR count). The van der Waals surface area contributed by atoms with E-state index in [0.29, 0.717) is 5.82 Å². The normalized spacial score (nSPS) is 11.8. The molecule has 20 heavy (non-hydrogen) atoms. The van der Waals surface area contributed by atoms with Crippen LogP contribution in [0.2, 0.25) is 0 Å². The van der Waals surface area contributed by atoms with Crippen LogP contribution in [0.1, 0.15) is 29.0 Å². The summed E-state index contributed by atoms with van der Waals surface area (Å²) in [7, 11) is 0. The fourth-order valence-corrected chi connectivity index (χ4v) is 2.08. The monoisotopic (exact) mass is 335 g/mol. The van der Waals surface area contributed by atoms with Crippen LogP contribution in [0.15, 0.2) is 40.9 Å². The van der Waals surface area contributed by atoms with Gasteiger partial charge in [0.1, 0.15) is 0 Å². The summed E-state index contributed by atoms with van der Waals surface area (Å²) in [5, 5.41) is 10.4. The number of anilines is 1. The molecular weight excluding hydrogens is 322 g/mol. The minimum Gasteiger partial charge on any atom is -0.344 e. The van der Waals surface area contributed by atoms with E-state index in [1.165, 1.54) is 0 Å². The number of halogens is 1. The first-order valence-corrected chi connectivity index (χ1v) is 6.76. The number of nitrogen functional groups attached to an aromatic ring is 1. The number of carbonyl (C=O) groups excluding carboxylic acids is 1. The van der Waals surface area contributed by atoms with Gasteiger partial charge in [-0.15, -0.1) is 10.2 Å². The molecule has 104 valence electrons. The lowest BCUT2D eigenvalue weighted by Crippen LogP contribution is -2.27. The summed E-state index contributed by atoms with van der Waals surface area (Å²) in [5.41, 5.74) is 3.60. The maximum atomic E-state index is 12.0. The fraction of sp³-hybridized carbons (Fsp3) is 0.154. The van der Waals surface area contributed by atoms with Gasteiger partial charge in [-0.2, -0.15) is 0 Å². The molecule has 2 aromatic rings. The molecule has 1 atom stereocenters. The lowest BCUT2D eigenvalue weighted by atomic mass is 10.1. The molecular formula is C13H14BrN5O. The molecule has 1 unspecified atom stereocenters. The number of hydrogen-bond acceptors (Lipinski definition) is 5. The number of rotatable bonds is 4. The second kappa shape index (κ2) is 6.44. The molecule has 4 N–H and O–H groups in total. The first-order valence-electron chi connectivity index (χ1n) is 5.97. The van der Waals surface area contributed by atoms with Gasteiger partial charge < -0.3 is 10.7 Å². The fourth-order valence-electron chi connectivity index (χ4n) is 1.66. The van der Waals surface area contributed by atoms with Crippen LogP contribution < -0.4 is 16.6 Å². The predicted octanol–water partition coefficient (Wildman–Crippen LogP) is 2.02. The van der Waals surface area contributed by atoms with Crippen molar-refractivity contribution in [1.29, 1.82) is 0 Å². The van der Waals surface area contributed by atoms with E-state index in [2.05, 4.69) is 36.9 Å². The van der Waals surface area contributed by atoms with E-state index >= 15 is 0 Å². The van der Waals surface area contributed by atoms with Gasteiger partial charge in [0.25, 0.3) is 5.91 Å². The highest BCUT2D eigenvalue weighted by molar-refractivity contribution is 9.10. The first kappa shape index (κ1) is 14.4. The van der Waals surface area contributed by atoms with E-state index < -0.39 is 0 Å². The lowest BCUT2D eigenvalue weighted by Gasteiger charge is -2.14. The van der Waals surface area contributed by atoms with Gasteiger partial charge in [0, 0.05) is 4.47 Å². The Morgan fingerprint density at radius 1 is 1.30 bits per heavy atom. The van der Waals surface area contributed by atoms with Gasteiger partial charge in [0.05, 0.1) is 6.04 Å². The number of nitrogens with zero attached hydrogens (tertiary/aromatic N) is 2. The van der Waals surface area contributed by atoms with E-state index in [-0.39, 0.29) is 17.6 Å². The number of amides is 1. The molecule has 0 spiro atoms. The van der Waals surface area contributed by atoms with Gasteiger partial charge in [-0.3, -0.25) is 4.79 Å². The number of carbonyl (C=O) groups is 1. The molecule has 1 aromatic carbocycles. The SMILES string of the molecule is CC(NC(=O)c1ccc(NN)nn1)c1cccc(Br)c1. The van der Waals surface area contributed by atoms with Crippen molar-refractivity contribution in [2.45, 2.75) is 13.0 Å². The number of hydrogen-bond donors (Lipinski definition) is 3. The van der Waals surface area contributed by atoms with Gasteiger partial charge >= 0.3 is 0 Å². The third-order valence-electron chi connectivity index (χ3n) is 2.74. The number of nitrogens with one attached hydrogen (secondary N) is 2. The molecule has 0 aliphatic rings. The van der Waals surface area contributed by atoms with E-state index in [4.69, 9.17) is 5.84 Å². The van der Waals surface area contributed by atoms with Crippen LogP contribution in [0.4, 0.5) is 5.82 Å². The third kappa shape index (κ3) is 3.52. The van der Waals surface area contributed by atoms with E-state index in [1.54, 1.807) is 12.1 Å². The second-order valence-corrected chi connectivity index (χ2v) is 5.11. The molecule has 0 bridgehead atoms. The molecule has 7 heteroatoms. The quantitative estimate of drug-likeness (QED) is 0.587. The Morgan fingerprint density at radius 3 is 2.70 bits per heavy atom. The highest BCUT2D eigenvalue weighted by Crippen LogP contribution is 2.18. The molecule has 0 saturated carbocycles.